The van der Waals surface area contributed by atoms with Gasteiger partial charge in [-0.15, -0.1) is 13.2 Å². The number of carbonyl (C=O) groups is 3. The molecule has 0 spiro atoms. The molecule has 2 N–H and O–H groups in total. The summed E-state index contributed by atoms with van der Waals surface area (Å²) in [5.74, 6) is -2.71. The first kappa shape index (κ1) is 36.4. The third-order valence-electron chi connectivity index (χ3n) is 10.0. The average molecular weight is 799 g/mol. The van der Waals surface area contributed by atoms with Crippen LogP contribution in [0.4, 0.5) is 29.2 Å². The van der Waals surface area contributed by atoms with Gasteiger partial charge in [0.1, 0.15) is 28.1 Å². The monoisotopic (exact) mass is 797 g/mol. The number of carbonyl (C=O) groups excluding carboxylic acids is 3. The van der Waals surface area contributed by atoms with Gasteiger partial charge in [0.2, 0.25) is 11.9 Å². The van der Waals surface area contributed by atoms with E-state index >= 15 is 0 Å². The van der Waals surface area contributed by atoms with Gasteiger partial charge in [0.25, 0.3) is 11.8 Å². The average Bonchev–Trinajstić information content (AvgIpc) is 3.98. The number of benzene rings is 2. The number of ether oxygens (including phenoxy) is 1. The van der Waals surface area contributed by atoms with E-state index in [0.29, 0.717) is 37.1 Å². The molecule has 3 aliphatic rings. The van der Waals surface area contributed by atoms with Crippen LogP contribution in [-0.4, -0.2) is 58.9 Å². The lowest BCUT2D eigenvalue weighted by Crippen LogP contribution is -2.52. The molecule has 13 nitrogen and oxygen atoms in total. The van der Waals surface area contributed by atoms with Crippen LogP contribution in [0, 0.1) is 5.82 Å². The summed E-state index contributed by atoms with van der Waals surface area (Å²) in [6.07, 6.45) is 4.94. The van der Waals surface area contributed by atoms with Crippen LogP contribution in [0.2, 0.25) is 10.0 Å². The van der Waals surface area contributed by atoms with Crippen molar-refractivity contribution in [3.05, 3.63) is 100 Å². The van der Waals surface area contributed by atoms with Gasteiger partial charge in [-0.05, 0) is 62.4 Å². The Bertz CT molecular complexity index is 2350. The standard InChI is InChI=1S/C36H29Cl2F4N9O4/c1-33(13-19-3-5-23(6-4-19)55-36(40,41)42)31(54)50(22-11-24(37)27(39)25(38)12-22)32-45-17-26(51(32)33)28(52)47-35(9-10-35)30(53)48-34(7-8-34)29-43-14-20(15-44-29)21-16-46-49(2)18-21/h3-6,11-12,14-18H,7-10,13H2,1-2H3,(H,47,52)(H,48,53)/t33-/m1/s1. The number of nitrogens with one attached hydrogen (secondary N) is 2. The predicted molar refractivity (Wildman–Crippen MR) is 189 cm³/mol. The molecule has 3 aromatic heterocycles. The first-order chi connectivity index (χ1) is 26.0. The van der Waals surface area contributed by atoms with Crippen molar-refractivity contribution in [2.75, 3.05) is 4.90 Å². The quantitative estimate of drug-likeness (QED) is 0.127. The molecule has 1 aliphatic heterocycles. The zero-order valence-corrected chi connectivity index (χ0v) is 30.4. The zero-order chi connectivity index (χ0) is 39.1. The Morgan fingerprint density at radius 3 is 2.15 bits per heavy atom. The normalized spacial score (nSPS) is 19.2. The summed E-state index contributed by atoms with van der Waals surface area (Å²) in [5.41, 5.74) is -1.69. The van der Waals surface area contributed by atoms with E-state index in [1.165, 1.54) is 42.0 Å². The van der Waals surface area contributed by atoms with Gasteiger partial charge in [0.05, 0.1) is 28.1 Å². The predicted octanol–water partition coefficient (Wildman–Crippen LogP) is 6.12. The molecule has 1 atom stereocenters. The molecule has 284 valence electrons. The van der Waals surface area contributed by atoms with Crippen LogP contribution in [0.3, 0.4) is 0 Å². The molecule has 2 saturated carbocycles. The number of nitrogens with zero attached hydrogens (tertiary/aromatic N) is 7. The van der Waals surface area contributed by atoms with Crippen LogP contribution in [0.1, 0.15) is 54.5 Å². The zero-order valence-electron chi connectivity index (χ0n) is 28.9. The second-order valence-electron chi connectivity index (χ2n) is 14.1. The molecule has 8 rings (SSSR count). The molecule has 2 aliphatic carbocycles. The van der Waals surface area contributed by atoms with Gasteiger partial charge in [0, 0.05) is 43.2 Å². The fraction of sp³-hybridized carbons (Fsp3) is 0.306. The van der Waals surface area contributed by atoms with E-state index in [9.17, 15) is 31.9 Å². The second kappa shape index (κ2) is 12.8. The molecule has 3 amide bonds. The summed E-state index contributed by atoms with van der Waals surface area (Å²) in [7, 11) is 1.80. The first-order valence-corrected chi connectivity index (χ1v) is 17.7. The van der Waals surface area contributed by atoms with E-state index in [1.807, 2.05) is 6.20 Å². The summed E-state index contributed by atoms with van der Waals surface area (Å²) >= 11 is 12.2. The van der Waals surface area contributed by atoms with Gasteiger partial charge in [-0.25, -0.2) is 24.2 Å². The molecule has 0 saturated heterocycles. The maximum absolute atomic E-state index is 14.4. The van der Waals surface area contributed by atoms with Crippen molar-refractivity contribution < 1.29 is 36.7 Å². The summed E-state index contributed by atoms with van der Waals surface area (Å²) in [4.78, 5) is 57.0. The Balaban J connectivity index is 1.07. The molecule has 2 fully saturated rings. The molecule has 5 aromatic rings. The molecule has 0 bridgehead atoms. The minimum Gasteiger partial charge on any atom is -0.406 e. The van der Waals surface area contributed by atoms with Crippen LogP contribution in [0.25, 0.3) is 11.1 Å². The fourth-order valence-electron chi connectivity index (χ4n) is 6.82. The summed E-state index contributed by atoms with van der Waals surface area (Å²) in [5, 5.41) is 9.34. The van der Waals surface area contributed by atoms with Gasteiger partial charge in [-0.1, -0.05) is 35.3 Å². The first-order valence-electron chi connectivity index (χ1n) is 16.9. The van der Waals surface area contributed by atoms with Gasteiger partial charge in [-0.2, -0.15) is 5.10 Å². The van der Waals surface area contributed by atoms with Gasteiger partial charge >= 0.3 is 6.36 Å². The Morgan fingerprint density at radius 1 is 0.927 bits per heavy atom. The Labute approximate surface area is 319 Å². The minimum absolute atomic E-state index is 0.0356. The van der Waals surface area contributed by atoms with E-state index in [-0.39, 0.29) is 33.8 Å². The molecule has 0 radical (unpaired) electrons. The molecule has 4 heterocycles. The smallest absolute Gasteiger partial charge is 0.406 e. The lowest BCUT2D eigenvalue weighted by atomic mass is 9.91. The van der Waals surface area contributed by atoms with Crippen molar-refractivity contribution >= 4 is 52.6 Å². The number of rotatable bonds is 10. The Hall–Kier alpha value is -5.55. The number of aromatic nitrogens is 6. The largest absolute Gasteiger partial charge is 0.573 e. The second-order valence-corrected chi connectivity index (χ2v) is 14.9. The maximum Gasteiger partial charge on any atom is 0.573 e. The lowest BCUT2D eigenvalue weighted by molar-refractivity contribution is -0.274. The molecule has 2 aromatic carbocycles. The highest BCUT2D eigenvalue weighted by Gasteiger charge is 2.58. The lowest BCUT2D eigenvalue weighted by Gasteiger charge is -2.27. The number of amides is 3. The summed E-state index contributed by atoms with van der Waals surface area (Å²) < 4.78 is 59.9. The van der Waals surface area contributed by atoms with Crippen LogP contribution in [0.5, 0.6) is 5.75 Å². The van der Waals surface area contributed by atoms with E-state index in [4.69, 9.17) is 23.2 Å². The molecule has 19 heteroatoms. The highest BCUT2D eigenvalue weighted by molar-refractivity contribution is 6.35. The van der Waals surface area contributed by atoms with E-state index in [0.717, 1.165) is 28.2 Å². The number of alkyl halides is 3. The molecular weight excluding hydrogens is 769 g/mol. The topological polar surface area (TPSA) is 149 Å². The Kier molecular flexibility index (Phi) is 8.45. The highest BCUT2D eigenvalue weighted by Crippen LogP contribution is 2.47. The van der Waals surface area contributed by atoms with Crippen molar-refractivity contribution in [2.45, 2.75) is 62.0 Å². The molecule has 55 heavy (non-hydrogen) atoms. The van der Waals surface area contributed by atoms with Crippen LogP contribution in [0.15, 0.2) is 67.4 Å². The highest BCUT2D eigenvalue weighted by atomic mass is 35.5. The van der Waals surface area contributed by atoms with Crippen molar-refractivity contribution in [1.29, 1.82) is 0 Å². The van der Waals surface area contributed by atoms with Crippen molar-refractivity contribution in [3.63, 3.8) is 0 Å². The molecule has 0 unspecified atom stereocenters. The van der Waals surface area contributed by atoms with Crippen molar-refractivity contribution in [1.82, 2.24) is 39.9 Å². The van der Waals surface area contributed by atoms with E-state index in [2.05, 4.69) is 35.4 Å². The van der Waals surface area contributed by atoms with Crippen LogP contribution >= 0.6 is 23.2 Å². The van der Waals surface area contributed by atoms with Gasteiger partial charge < -0.3 is 15.4 Å². The SMILES string of the molecule is Cn1cc(-c2cnc(C3(NC(=O)C4(NC(=O)c5cnc6n5[C@](C)(Cc5ccc(OC(F)(F)F)cc5)C(=O)N6c5cc(Cl)c(F)c(Cl)c5)CC4)CC3)nc2)cn1. The molecular formula is C36H29Cl2F4N9O4. The number of hydrogen-bond donors (Lipinski definition) is 2. The van der Waals surface area contributed by atoms with Crippen LogP contribution < -0.4 is 20.3 Å². The number of aryl methyl sites for hydroxylation is 1. The number of halogens is 6. The van der Waals surface area contributed by atoms with E-state index < -0.39 is 52.3 Å². The van der Waals surface area contributed by atoms with Crippen molar-refractivity contribution in [3.8, 4) is 16.9 Å². The summed E-state index contributed by atoms with van der Waals surface area (Å²) in [6, 6.07) is 7.29. The van der Waals surface area contributed by atoms with Crippen LogP contribution in [-0.2, 0) is 34.1 Å². The maximum atomic E-state index is 14.4. The van der Waals surface area contributed by atoms with Gasteiger partial charge in [-0.3, -0.25) is 23.6 Å². The summed E-state index contributed by atoms with van der Waals surface area (Å²) in [6.45, 7) is 1.53. The number of anilines is 2. The number of hydrogen-bond acceptors (Lipinski definition) is 8. The number of fused-ring (bicyclic) bond motifs is 1. The third kappa shape index (κ3) is 6.54. The Morgan fingerprint density at radius 2 is 1.58 bits per heavy atom. The van der Waals surface area contributed by atoms with Gasteiger partial charge in [0.15, 0.2) is 11.6 Å². The van der Waals surface area contributed by atoms with E-state index in [1.54, 1.807) is 30.3 Å². The van der Waals surface area contributed by atoms with Crippen molar-refractivity contribution in [2.24, 2.45) is 7.05 Å². The fourth-order valence-corrected chi connectivity index (χ4v) is 7.29. The number of imidazole rings is 1. The minimum atomic E-state index is -4.91. The third-order valence-corrected chi connectivity index (χ3v) is 10.6.